The number of hydrogen-bond acceptors (Lipinski definition) is 5. The van der Waals surface area contributed by atoms with Gasteiger partial charge in [-0.15, -0.1) is 0 Å². The molecule has 2 heterocycles. The summed E-state index contributed by atoms with van der Waals surface area (Å²) < 4.78 is 5.39. The average Bonchev–Trinajstić information content (AvgIpc) is 2.39. The molecule has 0 aliphatic carbocycles. The van der Waals surface area contributed by atoms with Crippen LogP contribution >= 0.6 is 0 Å². The summed E-state index contributed by atoms with van der Waals surface area (Å²) in [6, 6.07) is 5.29. The molecule has 1 aromatic heterocycles. The zero-order chi connectivity index (χ0) is 13.7. The minimum atomic E-state index is -0.253. The summed E-state index contributed by atoms with van der Waals surface area (Å²) in [5, 5.41) is 2.84. The lowest BCUT2D eigenvalue weighted by atomic mass is 10.2. The molecule has 1 saturated heterocycles. The Labute approximate surface area is 112 Å². The Morgan fingerprint density at radius 1 is 1.63 bits per heavy atom. The summed E-state index contributed by atoms with van der Waals surface area (Å²) in [6.07, 6.45) is 0. The number of nitrogen functional groups attached to an aromatic ring is 1. The number of nitrogens with one attached hydrogen (secondary N) is 1. The van der Waals surface area contributed by atoms with Crippen molar-refractivity contribution in [3.8, 4) is 0 Å². The molecule has 0 bridgehead atoms. The second-order valence-electron chi connectivity index (χ2n) is 4.51. The fraction of sp³-hybridized carbons (Fsp3) is 0.538. The van der Waals surface area contributed by atoms with Crippen molar-refractivity contribution in [2.24, 2.45) is 0 Å². The van der Waals surface area contributed by atoms with E-state index in [2.05, 4.69) is 15.2 Å². The Hall–Kier alpha value is -1.66. The van der Waals surface area contributed by atoms with Crippen molar-refractivity contribution >= 4 is 11.7 Å². The summed E-state index contributed by atoms with van der Waals surface area (Å²) in [5.74, 6) is 0.506. The molecule has 6 nitrogen and oxygen atoms in total. The standard InChI is InChI=1S/C13H20N4O2/c1-2-15-13(18)11-9-19-7-6-17(11)8-10-4-3-5-12(14)16-10/h3-5,11H,2,6-9H2,1H3,(H2,14,16)(H,15,18). The van der Waals surface area contributed by atoms with Gasteiger partial charge in [0.1, 0.15) is 11.9 Å². The smallest absolute Gasteiger partial charge is 0.239 e. The van der Waals surface area contributed by atoms with Crippen molar-refractivity contribution in [2.75, 3.05) is 32.0 Å². The highest BCUT2D eigenvalue weighted by Gasteiger charge is 2.29. The Kier molecular flexibility index (Phi) is 4.70. The third kappa shape index (κ3) is 3.65. The number of pyridine rings is 1. The van der Waals surface area contributed by atoms with Crippen LogP contribution in [0.4, 0.5) is 5.82 Å². The molecular weight excluding hydrogens is 244 g/mol. The molecule has 6 heteroatoms. The molecule has 1 aliphatic rings. The lowest BCUT2D eigenvalue weighted by Gasteiger charge is -2.34. The van der Waals surface area contributed by atoms with E-state index < -0.39 is 0 Å². The maximum atomic E-state index is 12.0. The van der Waals surface area contributed by atoms with Crippen molar-refractivity contribution in [1.82, 2.24) is 15.2 Å². The van der Waals surface area contributed by atoms with Crippen LogP contribution in [0.25, 0.3) is 0 Å². The molecule has 1 aromatic rings. The van der Waals surface area contributed by atoms with Crippen molar-refractivity contribution in [1.29, 1.82) is 0 Å². The van der Waals surface area contributed by atoms with Gasteiger partial charge in [-0.1, -0.05) is 6.07 Å². The number of carbonyl (C=O) groups is 1. The molecule has 1 fully saturated rings. The van der Waals surface area contributed by atoms with Gasteiger partial charge in [-0.25, -0.2) is 4.98 Å². The highest BCUT2D eigenvalue weighted by Crippen LogP contribution is 2.12. The predicted octanol–water partition coefficient (Wildman–Crippen LogP) is 0.000700. The fourth-order valence-corrected chi connectivity index (χ4v) is 2.16. The van der Waals surface area contributed by atoms with Crippen LogP contribution in [0.3, 0.4) is 0 Å². The van der Waals surface area contributed by atoms with E-state index in [-0.39, 0.29) is 11.9 Å². The minimum Gasteiger partial charge on any atom is -0.384 e. The molecule has 0 saturated carbocycles. The summed E-state index contributed by atoms with van der Waals surface area (Å²) in [7, 11) is 0. The van der Waals surface area contributed by atoms with Gasteiger partial charge < -0.3 is 15.8 Å². The van der Waals surface area contributed by atoms with E-state index in [1.807, 2.05) is 19.1 Å². The number of amides is 1. The van der Waals surface area contributed by atoms with Crippen molar-refractivity contribution in [3.05, 3.63) is 23.9 Å². The summed E-state index contributed by atoms with van der Waals surface area (Å²) in [6.45, 7) is 4.92. The Bertz CT molecular complexity index is 438. The second-order valence-corrected chi connectivity index (χ2v) is 4.51. The predicted molar refractivity (Wildman–Crippen MR) is 72.4 cm³/mol. The van der Waals surface area contributed by atoms with Crippen LogP contribution in [-0.2, 0) is 16.1 Å². The Morgan fingerprint density at radius 3 is 3.21 bits per heavy atom. The monoisotopic (exact) mass is 264 g/mol. The van der Waals surface area contributed by atoms with Crippen molar-refractivity contribution in [2.45, 2.75) is 19.5 Å². The largest absolute Gasteiger partial charge is 0.384 e. The number of carbonyl (C=O) groups excluding carboxylic acids is 1. The van der Waals surface area contributed by atoms with Crippen LogP contribution in [0, 0.1) is 0 Å². The number of nitrogens with two attached hydrogens (primary N) is 1. The molecular formula is C13H20N4O2. The van der Waals surface area contributed by atoms with Gasteiger partial charge >= 0.3 is 0 Å². The number of anilines is 1. The van der Waals surface area contributed by atoms with Gasteiger partial charge in [-0.05, 0) is 19.1 Å². The van der Waals surface area contributed by atoms with Crippen LogP contribution in [0.1, 0.15) is 12.6 Å². The zero-order valence-electron chi connectivity index (χ0n) is 11.1. The van der Waals surface area contributed by atoms with Crippen LogP contribution in [0.5, 0.6) is 0 Å². The molecule has 3 N–H and O–H groups in total. The maximum Gasteiger partial charge on any atom is 0.239 e. The van der Waals surface area contributed by atoms with E-state index in [0.29, 0.717) is 32.1 Å². The van der Waals surface area contributed by atoms with Gasteiger partial charge in [-0.3, -0.25) is 9.69 Å². The summed E-state index contributed by atoms with van der Waals surface area (Å²) in [5.41, 5.74) is 6.54. The third-order valence-electron chi connectivity index (χ3n) is 3.09. The minimum absolute atomic E-state index is 0.00565. The molecule has 2 rings (SSSR count). The van der Waals surface area contributed by atoms with Gasteiger partial charge in [0.25, 0.3) is 0 Å². The summed E-state index contributed by atoms with van der Waals surface area (Å²) >= 11 is 0. The normalized spacial score (nSPS) is 20.2. The third-order valence-corrected chi connectivity index (χ3v) is 3.09. The van der Waals surface area contributed by atoms with E-state index in [1.165, 1.54) is 0 Å². The van der Waals surface area contributed by atoms with Gasteiger partial charge in [0.05, 0.1) is 18.9 Å². The van der Waals surface area contributed by atoms with E-state index in [0.717, 1.165) is 12.2 Å². The first-order valence-electron chi connectivity index (χ1n) is 6.51. The van der Waals surface area contributed by atoms with Crippen LogP contribution in [0.15, 0.2) is 18.2 Å². The molecule has 0 radical (unpaired) electrons. The first-order valence-corrected chi connectivity index (χ1v) is 6.51. The number of aromatic nitrogens is 1. The SMILES string of the molecule is CCNC(=O)C1COCCN1Cc1cccc(N)n1. The van der Waals surface area contributed by atoms with Gasteiger partial charge in [-0.2, -0.15) is 0 Å². The first kappa shape index (κ1) is 13.8. The summed E-state index contributed by atoms with van der Waals surface area (Å²) in [4.78, 5) is 18.3. The van der Waals surface area contributed by atoms with Crippen molar-refractivity contribution < 1.29 is 9.53 Å². The molecule has 1 unspecified atom stereocenters. The topological polar surface area (TPSA) is 80.5 Å². The fourth-order valence-electron chi connectivity index (χ4n) is 2.16. The van der Waals surface area contributed by atoms with Gasteiger partial charge in [0.2, 0.25) is 5.91 Å². The van der Waals surface area contributed by atoms with E-state index >= 15 is 0 Å². The van der Waals surface area contributed by atoms with E-state index in [4.69, 9.17) is 10.5 Å². The molecule has 19 heavy (non-hydrogen) atoms. The van der Waals surface area contributed by atoms with E-state index in [9.17, 15) is 4.79 Å². The average molecular weight is 264 g/mol. The number of nitrogens with zero attached hydrogens (tertiary/aromatic N) is 2. The Balaban J connectivity index is 2.05. The number of rotatable bonds is 4. The van der Waals surface area contributed by atoms with Crippen LogP contribution in [0.2, 0.25) is 0 Å². The first-order chi connectivity index (χ1) is 9.20. The molecule has 1 aliphatic heterocycles. The number of morpholine rings is 1. The zero-order valence-corrected chi connectivity index (χ0v) is 11.1. The highest BCUT2D eigenvalue weighted by molar-refractivity contribution is 5.81. The lowest BCUT2D eigenvalue weighted by Crippen LogP contribution is -2.53. The van der Waals surface area contributed by atoms with Gasteiger partial charge in [0.15, 0.2) is 0 Å². The molecule has 104 valence electrons. The van der Waals surface area contributed by atoms with E-state index in [1.54, 1.807) is 6.07 Å². The molecule has 0 aromatic carbocycles. The highest BCUT2D eigenvalue weighted by atomic mass is 16.5. The number of likely N-dealkylation sites (N-methyl/N-ethyl adjacent to an activating group) is 1. The molecule has 0 spiro atoms. The second kappa shape index (κ2) is 6.49. The molecule has 1 amide bonds. The quantitative estimate of drug-likeness (QED) is 0.800. The van der Waals surface area contributed by atoms with Gasteiger partial charge in [0, 0.05) is 19.6 Å². The number of hydrogen-bond donors (Lipinski definition) is 2. The van der Waals surface area contributed by atoms with Crippen LogP contribution in [-0.4, -0.2) is 48.1 Å². The Morgan fingerprint density at radius 2 is 2.47 bits per heavy atom. The lowest BCUT2D eigenvalue weighted by molar-refractivity contribution is -0.132. The molecule has 1 atom stereocenters. The van der Waals surface area contributed by atoms with Crippen LogP contribution < -0.4 is 11.1 Å². The number of ether oxygens (including phenoxy) is 1. The van der Waals surface area contributed by atoms with Crippen molar-refractivity contribution in [3.63, 3.8) is 0 Å². The maximum absolute atomic E-state index is 12.0.